The summed E-state index contributed by atoms with van der Waals surface area (Å²) in [5.74, 6) is 1.35. The van der Waals surface area contributed by atoms with Crippen molar-refractivity contribution >= 4 is 22.8 Å². The van der Waals surface area contributed by atoms with E-state index in [0.717, 1.165) is 27.5 Å². The molecule has 0 amide bonds. The van der Waals surface area contributed by atoms with E-state index in [1.807, 2.05) is 44.2 Å². The van der Waals surface area contributed by atoms with Gasteiger partial charge in [-0.05, 0) is 31.5 Å². The van der Waals surface area contributed by atoms with E-state index >= 15 is 0 Å². The number of hydrogen-bond acceptors (Lipinski definition) is 3. The summed E-state index contributed by atoms with van der Waals surface area (Å²) in [5.41, 5.74) is 3.50. The number of nitrogens with one attached hydrogen (secondary N) is 1. The molecule has 0 saturated carbocycles. The Hall–Kier alpha value is -2.07. The van der Waals surface area contributed by atoms with Crippen LogP contribution < -0.4 is 4.74 Å². The monoisotopic (exact) mass is 287 g/mol. The van der Waals surface area contributed by atoms with Gasteiger partial charge in [0.2, 0.25) is 5.88 Å². The average Bonchev–Trinajstić information content (AvgIpc) is 2.85. The van der Waals surface area contributed by atoms with E-state index in [9.17, 15) is 0 Å². The first-order valence-corrected chi connectivity index (χ1v) is 6.82. The molecule has 2 heterocycles. The highest BCUT2D eigenvalue weighted by Gasteiger charge is 2.11. The van der Waals surface area contributed by atoms with Crippen LogP contribution in [0.3, 0.4) is 0 Å². The van der Waals surface area contributed by atoms with Crippen molar-refractivity contribution in [3.63, 3.8) is 0 Å². The van der Waals surface area contributed by atoms with E-state index < -0.39 is 0 Å². The van der Waals surface area contributed by atoms with Crippen molar-refractivity contribution in [1.82, 2.24) is 15.0 Å². The molecular weight excluding hydrogens is 274 g/mol. The Balaban J connectivity index is 2.10. The molecule has 0 unspecified atom stereocenters. The van der Waals surface area contributed by atoms with Gasteiger partial charge in [-0.25, -0.2) is 4.98 Å². The minimum Gasteiger partial charge on any atom is -0.478 e. The van der Waals surface area contributed by atoms with Gasteiger partial charge in [-0.3, -0.25) is 0 Å². The summed E-state index contributed by atoms with van der Waals surface area (Å²) < 4.78 is 5.39. The summed E-state index contributed by atoms with van der Waals surface area (Å²) in [6, 6.07) is 9.52. The number of hydrogen-bond donors (Lipinski definition) is 1. The highest BCUT2D eigenvalue weighted by atomic mass is 35.5. The number of halogens is 1. The lowest BCUT2D eigenvalue weighted by atomic mass is 10.1. The number of H-pyrrole nitrogens is 1. The summed E-state index contributed by atoms with van der Waals surface area (Å²) in [6.07, 6.45) is 0. The van der Waals surface area contributed by atoms with E-state index in [1.165, 1.54) is 0 Å². The van der Waals surface area contributed by atoms with Crippen molar-refractivity contribution in [1.29, 1.82) is 0 Å². The van der Waals surface area contributed by atoms with E-state index in [0.29, 0.717) is 18.1 Å². The first-order chi connectivity index (χ1) is 9.69. The minimum atomic E-state index is 0.584. The lowest BCUT2D eigenvalue weighted by molar-refractivity contribution is 0.328. The maximum absolute atomic E-state index is 6.15. The molecule has 0 saturated heterocycles. The van der Waals surface area contributed by atoms with Crippen molar-refractivity contribution in [2.24, 2.45) is 0 Å². The molecule has 3 rings (SSSR count). The van der Waals surface area contributed by atoms with Crippen LogP contribution >= 0.6 is 11.6 Å². The standard InChI is InChI=1S/C15H14ClN3O/c1-3-20-13-8-7-12-15(18-13)19-14(17-12)10-5-4-6-11(16)9(10)2/h4-8H,3H2,1-2H3,(H,17,18,19). The fraction of sp³-hybridized carbons (Fsp3) is 0.200. The van der Waals surface area contributed by atoms with E-state index in [1.54, 1.807) is 0 Å². The first-order valence-electron chi connectivity index (χ1n) is 6.44. The number of benzene rings is 1. The van der Waals surface area contributed by atoms with Gasteiger partial charge in [0.25, 0.3) is 0 Å². The van der Waals surface area contributed by atoms with Gasteiger partial charge in [-0.2, -0.15) is 4.98 Å². The Bertz CT molecular complexity index is 767. The number of nitrogens with zero attached hydrogens (tertiary/aromatic N) is 2. The van der Waals surface area contributed by atoms with Crippen LogP contribution in [0.1, 0.15) is 12.5 Å². The smallest absolute Gasteiger partial charge is 0.215 e. The van der Waals surface area contributed by atoms with Crippen LogP contribution in [0.5, 0.6) is 5.88 Å². The van der Waals surface area contributed by atoms with Gasteiger partial charge in [-0.15, -0.1) is 0 Å². The maximum Gasteiger partial charge on any atom is 0.215 e. The fourth-order valence-corrected chi connectivity index (χ4v) is 2.27. The van der Waals surface area contributed by atoms with Crippen LogP contribution in [0.25, 0.3) is 22.6 Å². The molecule has 1 N–H and O–H groups in total. The molecule has 0 atom stereocenters. The molecule has 0 radical (unpaired) electrons. The summed E-state index contributed by atoms with van der Waals surface area (Å²) >= 11 is 6.15. The normalized spacial score (nSPS) is 10.9. The highest BCUT2D eigenvalue weighted by molar-refractivity contribution is 6.31. The lowest BCUT2D eigenvalue weighted by Gasteiger charge is -2.03. The topological polar surface area (TPSA) is 50.8 Å². The number of fused-ring (bicyclic) bond motifs is 1. The molecule has 0 spiro atoms. The predicted octanol–water partition coefficient (Wildman–Crippen LogP) is 3.99. The molecule has 0 bridgehead atoms. The Kier molecular flexibility index (Phi) is 3.32. The van der Waals surface area contributed by atoms with Gasteiger partial charge in [0.1, 0.15) is 5.82 Å². The first kappa shape index (κ1) is 12.9. The number of ether oxygens (including phenoxy) is 1. The Morgan fingerprint density at radius 3 is 2.85 bits per heavy atom. The van der Waals surface area contributed by atoms with Gasteiger partial charge >= 0.3 is 0 Å². The average molecular weight is 288 g/mol. The van der Waals surface area contributed by atoms with E-state index in [2.05, 4.69) is 15.0 Å². The van der Waals surface area contributed by atoms with Crippen LogP contribution in [0.15, 0.2) is 30.3 Å². The zero-order chi connectivity index (χ0) is 14.1. The van der Waals surface area contributed by atoms with Gasteiger partial charge in [0.15, 0.2) is 5.65 Å². The van der Waals surface area contributed by atoms with Crippen LogP contribution in [0, 0.1) is 6.92 Å². The molecule has 1 aromatic carbocycles. The van der Waals surface area contributed by atoms with Crippen LogP contribution in [0.2, 0.25) is 5.02 Å². The van der Waals surface area contributed by atoms with E-state index in [4.69, 9.17) is 16.3 Å². The molecule has 5 heteroatoms. The predicted molar refractivity (Wildman–Crippen MR) is 80.2 cm³/mol. The maximum atomic E-state index is 6.15. The van der Waals surface area contributed by atoms with Gasteiger partial charge in [0.05, 0.1) is 12.1 Å². The molecule has 20 heavy (non-hydrogen) atoms. The number of imidazole rings is 1. The van der Waals surface area contributed by atoms with Crippen LogP contribution in [-0.2, 0) is 0 Å². The van der Waals surface area contributed by atoms with Crippen LogP contribution in [0.4, 0.5) is 0 Å². The van der Waals surface area contributed by atoms with Crippen LogP contribution in [-0.4, -0.2) is 21.6 Å². The van der Waals surface area contributed by atoms with Gasteiger partial charge in [0, 0.05) is 16.7 Å². The Morgan fingerprint density at radius 2 is 2.05 bits per heavy atom. The number of rotatable bonds is 3. The second-order valence-electron chi connectivity index (χ2n) is 4.45. The lowest BCUT2D eigenvalue weighted by Crippen LogP contribution is -1.93. The zero-order valence-corrected chi connectivity index (χ0v) is 12.0. The second-order valence-corrected chi connectivity index (χ2v) is 4.86. The zero-order valence-electron chi connectivity index (χ0n) is 11.3. The molecule has 0 aliphatic carbocycles. The summed E-state index contributed by atoms with van der Waals surface area (Å²) in [5, 5.41) is 0.728. The summed E-state index contributed by atoms with van der Waals surface area (Å²) in [7, 11) is 0. The van der Waals surface area contributed by atoms with Crippen molar-refractivity contribution in [3.05, 3.63) is 40.9 Å². The van der Waals surface area contributed by atoms with E-state index in [-0.39, 0.29) is 0 Å². The molecule has 4 nitrogen and oxygen atoms in total. The fourth-order valence-electron chi connectivity index (χ4n) is 2.10. The molecule has 0 fully saturated rings. The number of pyridine rings is 1. The quantitative estimate of drug-likeness (QED) is 0.792. The Morgan fingerprint density at radius 1 is 1.20 bits per heavy atom. The molecular formula is C15H14ClN3O. The van der Waals surface area contributed by atoms with Crippen molar-refractivity contribution in [2.45, 2.75) is 13.8 Å². The summed E-state index contributed by atoms with van der Waals surface area (Å²) in [4.78, 5) is 12.1. The largest absolute Gasteiger partial charge is 0.478 e. The minimum absolute atomic E-state index is 0.584. The van der Waals surface area contributed by atoms with Crippen molar-refractivity contribution < 1.29 is 4.74 Å². The third-order valence-electron chi connectivity index (χ3n) is 3.14. The van der Waals surface area contributed by atoms with Gasteiger partial charge < -0.3 is 9.72 Å². The Labute approximate surface area is 121 Å². The number of aromatic amines is 1. The molecule has 2 aromatic heterocycles. The molecule has 102 valence electrons. The third kappa shape index (κ3) is 2.23. The molecule has 0 aliphatic rings. The third-order valence-corrected chi connectivity index (χ3v) is 3.54. The van der Waals surface area contributed by atoms with Gasteiger partial charge in [-0.1, -0.05) is 23.7 Å². The molecule has 0 aliphatic heterocycles. The van der Waals surface area contributed by atoms with Crippen molar-refractivity contribution in [3.8, 4) is 17.3 Å². The SMILES string of the molecule is CCOc1ccc2[nH]c(-c3cccc(Cl)c3C)nc2n1. The number of aromatic nitrogens is 3. The summed E-state index contributed by atoms with van der Waals surface area (Å²) in [6.45, 7) is 4.49. The molecule has 3 aromatic rings. The second kappa shape index (κ2) is 5.13. The highest BCUT2D eigenvalue weighted by Crippen LogP contribution is 2.28. The van der Waals surface area contributed by atoms with Crippen molar-refractivity contribution in [2.75, 3.05) is 6.61 Å².